The Kier molecular flexibility index (Phi) is 9.88. The molecule has 1 N–H and O–H groups in total. The molecular formula is C24H31ClFN3O4S. The van der Waals surface area contributed by atoms with Crippen LogP contribution in [0.5, 0.6) is 0 Å². The third kappa shape index (κ3) is 7.43. The minimum absolute atomic E-state index is 0.0244. The number of nitrogens with one attached hydrogen (secondary N) is 1. The Morgan fingerprint density at radius 2 is 1.79 bits per heavy atom. The molecule has 2 amide bonds. The normalized spacial score (nSPS) is 12.2. The lowest BCUT2D eigenvalue weighted by Gasteiger charge is -2.29. The Balaban J connectivity index is 2.18. The van der Waals surface area contributed by atoms with Crippen molar-refractivity contribution in [2.75, 3.05) is 23.7 Å². The number of sulfonamides is 1. The van der Waals surface area contributed by atoms with Crippen molar-refractivity contribution in [1.29, 1.82) is 0 Å². The van der Waals surface area contributed by atoms with E-state index in [1.54, 1.807) is 51.1 Å². The Morgan fingerprint density at radius 3 is 2.38 bits per heavy atom. The molecule has 2 aromatic carbocycles. The van der Waals surface area contributed by atoms with Crippen molar-refractivity contribution in [2.24, 2.45) is 0 Å². The van der Waals surface area contributed by atoms with E-state index in [1.165, 1.54) is 21.3 Å². The summed E-state index contributed by atoms with van der Waals surface area (Å²) in [7, 11) is -3.61. The van der Waals surface area contributed by atoms with Crippen LogP contribution in [0.4, 0.5) is 10.1 Å². The Bertz CT molecular complexity index is 1110. The van der Waals surface area contributed by atoms with Gasteiger partial charge in [-0.05, 0) is 62.6 Å². The van der Waals surface area contributed by atoms with Crippen LogP contribution < -0.4 is 9.62 Å². The maximum Gasteiger partial charge on any atom is 0.242 e. The van der Waals surface area contributed by atoms with Gasteiger partial charge >= 0.3 is 0 Å². The second-order valence-electron chi connectivity index (χ2n) is 8.04. The molecule has 0 bridgehead atoms. The lowest BCUT2D eigenvalue weighted by Crippen LogP contribution is -2.47. The molecular weight excluding hydrogens is 481 g/mol. The summed E-state index contributed by atoms with van der Waals surface area (Å²) in [6, 6.07) is 9.99. The van der Waals surface area contributed by atoms with Crippen LogP contribution in [0.15, 0.2) is 42.5 Å². The summed E-state index contributed by atoms with van der Waals surface area (Å²) in [6.07, 6.45) is 1.36. The summed E-state index contributed by atoms with van der Waals surface area (Å²) >= 11 is 6.17. The summed E-state index contributed by atoms with van der Waals surface area (Å²) in [4.78, 5) is 27.0. The van der Waals surface area contributed by atoms with Gasteiger partial charge in [0.05, 0.1) is 11.9 Å². The van der Waals surface area contributed by atoms with Crippen LogP contribution in [0.3, 0.4) is 0 Å². The lowest BCUT2D eigenvalue weighted by molar-refractivity contribution is -0.140. The molecule has 0 aliphatic carbocycles. The van der Waals surface area contributed by atoms with Crippen LogP contribution in [0.2, 0.25) is 5.02 Å². The molecule has 2 aromatic rings. The topological polar surface area (TPSA) is 86.8 Å². The minimum atomic E-state index is -3.61. The Hall–Kier alpha value is -2.65. The summed E-state index contributed by atoms with van der Waals surface area (Å²) in [6.45, 7) is 5.77. The van der Waals surface area contributed by atoms with Crippen LogP contribution in [0, 0.1) is 12.7 Å². The number of anilines is 1. The van der Waals surface area contributed by atoms with Gasteiger partial charge in [-0.15, -0.1) is 0 Å². The highest BCUT2D eigenvalue weighted by atomic mass is 35.5. The summed E-state index contributed by atoms with van der Waals surface area (Å²) < 4.78 is 39.4. The molecule has 0 fully saturated rings. The summed E-state index contributed by atoms with van der Waals surface area (Å²) in [5.41, 5.74) is 1.77. The molecule has 186 valence electrons. The van der Waals surface area contributed by atoms with E-state index in [9.17, 15) is 22.4 Å². The van der Waals surface area contributed by atoms with Gasteiger partial charge in [0, 0.05) is 31.1 Å². The van der Waals surface area contributed by atoms with Crippen LogP contribution in [-0.2, 0) is 26.2 Å². The molecule has 34 heavy (non-hydrogen) atoms. The zero-order valence-electron chi connectivity index (χ0n) is 19.8. The van der Waals surface area contributed by atoms with Crippen molar-refractivity contribution < 1.29 is 22.4 Å². The first kappa shape index (κ1) is 27.6. The molecule has 0 saturated heterocycles. The number of hydrogen-bond acceptors (Lipinski definition) is 4. The predicted octanol–water partition coefficient (Wildman–Crippen LogP) is 3.89. The molecule has 7 nitrogen and oxygen atoms in total. The lowest BCUT2D eigenvalue weighted by atomic mass is 10.1. The van der Waals surface area contributed by atoms with Crippen molar-refractivity contribution in [3.63, 3.8) is 0 Å². The van der Waals surface area contributed by atoms with Gasteiger partial charge in [0.15, 0.2) is 0 Å². The van der Waals surface area contributed by atoms with Crippen LogP contribution in [0.1, 0.15) is 37.8 Å². The number of carbonyl (C=O) groups excluding carboxylic acids is 2. The minimum Gasteiger partial charge on any atom is -0.355 e. The van der Waals surface area contributed by atoms with E-state index in [4.69, 9.17) is 11.6 Å². The summed E-state index contributed by atoms with van der Waals surface area (Å²) in [5, 5.41) is 3.16. The second-order valence-corrected chi connectivity index (χ2v) is 10.4. The van der Waals surface area contributed by atoms with Gasteiger partial charge in [-0.3, -0.25) is 13.9 Å². The van der Waals surface area contributed by atoms with E-state index in [-0.39, 0.29) is 37.7 Å². The van der Waals surface area contributed by atoms with Crippen molar-refractivity contribution >= 4 is 39.1 Å². The highest BCUT2D eigenvalue weighted by Crippen LogP contribution is 2.28. The first-order chi connectivity index (χ1) is 16.0. The fourth-order valence-electron chi connectivity index (χ4n) is 3.54. The SMILES string of the molecule is CCNC(=O)[C@H](C)N(Cc1ccc(F)cc1)C(=O)CCCN(c1cccc(Cl)c1C)S(C)(=O)=O. The van der Waals surface area contributed by atoms with Crippen LogP contribution in [0.25, 0.3) is 0 Å². The number of likely N-dealkylation sites (N-methyl/N-ethyl adjacent to an activating group) is 1. The van der Waals surface area contributed by atoms with Gasteiger partial charge in [-0.25, -0.2) is 12.8 Å². The van der Waals surface area contributed by atoms with Gasteiger partial charge in [0.25, 0.3) is 0 Å². The quantitative estimate of drug-likeness (QED) is 0.496. The molecule has 0 spiro atoms. The zero-order valence-corrected chi connectivity index (χ0v) is 21.4. The van der Waals surface area contributed by atoms with E-state index in [1.807, 2.05) is 0 Å². The van der Waals surface area contributed by atoms with E-state index in [2.05, 4.69) is 5.32 Å². The molecule has 0 aliphatic heterocycles. The molecule has 0 saturated carbocycles. The van der Waals surface area contributed by atoms with Crippen LogP contribution >= 0.6 is 11.6 Å². The van der Waals surface area contributed by atoms with Gasteiger partial charge in [-0.2, -0.15) is 0 Å². The van der Waals surface area contributed by atoms with E-state index in [0.29, 0.717) is 28.4 Å². The van der Waals surface area contributed by atoms with E-state index >= 15 is 0 Å². The number of carbonyl (C=O) groups is 2. The number of nitrogens with zero attached hydrogens (tertiary/aromatic N) is 2. The third-order valence-corrected chi connectivity index (χ3v) is 7.03. The number of rotatable bonds is 11. The average molecular weight is 512 g/mol. The summed E-state index contributed by atoms with van der Waals surface area (Å²) in [5.74, 6) is -1.000. The highest BCUT2D eigenvalue weighted by Gasteiger charge is 2.26. The smallest absolute Gasteiger partial charge is 0.242 e. The monoisotopic (exact) mass is 511 g/mol. The number of halogens is 2. The Labute approximate surface area is 205 Å². The molecule has 0 radical (unpaired) electrons. The molecule has 0 unspecified atom stereocenters. The molecule has 2 rings (SSSR count). The molecule has 0 heterocycles. The van der Waals surface area contributed by atoms with E-state index < -0.39 is 21.9 Å². The predicted molar refractivity (Wildman–Crippen MR) is 133 cm³/mol. The zero-order chi connectivity index (χ0) is 25.5. The van der Waals surface area contributed by atoms with Gasteiger partial charge in [-0.1, -0.05) is 29.8 Å². The average Bonchev–Trinajstić information content (AvgIpc) is 2.77. The maximum absolute atomic E-state index is 13.3. The maximum atomic E-state index is 13.3. The van der Waals surface area contributed by atoms with Crippen molar-refractivity contribution in [2.45, 2.75) is 46.2 Å². The fraction of sp³-hybridized carbons (Fsp3) is 0.417. The molecule has 10 heteroatoms. The third-order valence-electron chi connectivity index (χ3n) is 5.44. The fourth-order valence-corrected chi connectivity index (χ4v) is 4.73. The van der Waals surface area contributed by atoms with Gasteiger partial charge in [0.1, 0.15) is 11.9 Å². The molecule has 0 aromatic heterocycles. The number of benzene rings is 2. The van der Waals surface area contributed by atoms with Crippen molar-refractivity contribution in [1.82, 2.24) is 10.2 Å². The van der Waals surface area contributed by atoms with Crippen molar-refractivity contribution in [3.05, 3.63) is 64.4 Å². The first-order valence-electron chi connectivity index (χ1n) is 11.0. The van der Waals surface area contributed by atoms with Crippen molar-refractivity contribution in [3.8, 4) is 0 Å². The molecule has 1 atom stereocenters. The van der Waals surface area contributed by atoms with Crippen LogP contribution in [-0.4, -0.2) is 50.5 Å². The highest BCUT2D eigenvalue weighted by molar-refractivity contribution is 7.92. The largest absolute Gasteiger partial charge is 0.355 e. The van der Waals surface area contributed by atoms with Gasteiger partial charge < -0.3 is 10.2 Å². The number of hydrogen-bond donors (Lipinski definition) is 1. The van der Waals surface area contributed by atoms with E-state index in [0.717, 1.165) is 6.26 Å². The second kappa shape index (κ2) is 12.2. The van der Waals surface area contributed by atoms with Gasteiger partial charge in [0.2, 0.25) is 21.8 Å². The number of amides is 2. The first-order valence-corrected chi connectivity index (χ1v) is 13.2. The standard InChI is InChI=1S/C24H31ClFN3O4S/c1-5-27-24(31)18(3)28(16-19-11-13-20(26)14-12-19)23(30)10-7-15-29(34(4,32)33)22-9-6-8-21(25)17(22)2/h6,8-9,11-14,18H,5,7,10,15-16H2,1-4H3,(H,27,31)/t18-/m0/s1. The molecule has 0 aliphatic rings. The Morgan fingerprint density at radius 1 is 1.15 bits per heavy atom.